The second-order valence-corrected chi connectivity index (χ2v) is 4.03. The molecule has 14 heavy (non-hydrogen) atoms. The van der Waals surface area contributed by atoms with Crippen LogP contribution in [-0.2, 0) is 13.0 Å². The predicted octanol–water partition coefficient (Wildman–Crippen LogP) is 1.00. The fourth-order valence-electron chi connectivity index (χ4n) is 2.20. The Morgan fingerprint density at radius 3 is 3.07 bits per heavy atom. The standard InChI is InChI=1S/C10H17N3O/c1-2-13-10(11-7-12-13)6-8-3-4-9(14)5-8/h7-9,14H,2-6H2,1H3. The minimum atomic E-state index is -0.0852. The second kappa shape index (κ2) is 4.09. The Kier molecular flexibility index (Phi) is 2.82. The van der Waals surface area contributed by atoms with Crippen molar-refractivity contribution in [1.29, 1.82) is 0 Å². The number of aliphatic hydroxyl groups is 1. The third kappa shape index (κ3) is 1.95. The van der Waals surface area contributed by atoms with E-state index in [1.807, 2.05) is 4.68 Å². The van der Waals surface area contributed by atoms with Crippen molar-refractivity contribution in [3.63, 3.8) is 0 Å². The van der Waals surface area contributed by atoms with E-state index >= 15 is 0 Å². The molecule has 0 aliphatic heterocycles. The van der Waals surface area contributed by atoms with Crippen molar-refractivity contribution in [2.24, 2.45) is 5.92 Å². The van der Waals surface area contributed by atoms with Crippen molar-refractivity contribution in [2.45, 2.75) is 45.3 Å². The van der Waals surface area contributed by atoms with Crippen LogP contribution in [0.4, 0.5) is 0 Å². The molecule has 0 spiro atoms. The molecule has 2 unspecified atom stereocenters. The average Bonchev–Trinajstić information content (AvgIpc) is 2.76. The normalized spacial score (nSPS) is 27.0. The van der Waals surface area contributed by atoms with Gasteiger partial charge in [0.25, 0.3) is 0 Å². The zero-order valence-electron chi connectivity index (χ0n) is 8.56. The third-order valence-corrected chi connectivity index (χ3v) is 2.98. The number of aryl methyl sites for hydroxylation is 1. The van der Waals surface area contributed by atoms with Gasteiger partial charge >= 0.3 is 0 Å². The number of hydrogen-bond acceptors (Lipinski definition) is 3. The number of hydrogen-bond donors (Lipinski definition) is 1. The van der Waals surface area contributed by atoms with Crippen LogP contribution in [0.5, 0.6) is 0 Å². The number of aromatic nitrogens is 3. The second-order valence-electron chi connectivity index (χ2n) is 4.03. The summed E-state index contributed by atoms with van der Waals surface area (Å²) in [5.41, 5.74) is 0. The van der Waals surface area contributed by atoms with Crippen molar-refractivity contribution in [1.82, 2.24) is 14.8 Å². The molecule has 0 bridgehead atoms. The van der Waals surface area contributed by atoms with Gasteiger partial charge in [-0.25, -0.2) is 4.98 Å². The first kappa shape index (κ1) is 9.65. The van der Waals surface area contributed by atoms with E-state index in [4.69, 9.17) is 0 Å². The molecule has 2 rings (SSSR count). The molecule has 4 nitrogen and oxygen atoms in total. The summed E-state index contributed by atoms with van der Waals surface area (Å²) in [4.78, 5) is 4.25. The lowest BCUT2D eigenvalue weighted by atomic mass is 10.0. The summed E-state index contributed by atoms with van der Waals surface area (Å²) in [7, 11) is 0. The van der Waals surface area contributed by atoms with Crippen LogP contribution in [0.3, 0.4) is 0 Å². The van der Waals surface area contributed by atoms with E-state index in [9.17, 15) is 5.11 Å². The van der Waals surface area contributed by atoms with Gasteiger partial charge in [0.05, 0.1) is 6.10 Å². The molecule has 0 amide bonds. The first-order valence-corrected chi connectivity index (χ1v) is 5.34. The Hall–Kier alpha value is -0.900. The van der Waals surface area contributed by atoms with Crippen LogP contribution < -0.4 is 0 Å². The smallest absolute Gasteiger partial charge is 0.138 e. The fraction of sp³-hybridized carbons (Fsp3) is 0.800. The van der Waals surface area contributed by atoms with E-state index < -0.39 is 0 Å². The van der Waals surface area contributed by atoms with E-state index in [1.165, 1.54) is 0 Å². The molecular weight excluding hydrogens is 178 g/mol. The van der Waals surface area contributed by atoms with Crippen LogP contribution in [0, 0.1) is 5.92 Å². The Morgan fingerprint density at radius 2 is 2.43 bits per heavy atom. The van der Waals surface area contributed by atoms with Gasteiger partial charge in [-0.3, -0.25) is 4.68 Å². The maximum Gasteiger partial charge on any atom is 0.138 e. The summed E-state index contributed by atoms with van der Waals surface area (Å²) in [6.07, 6.45) is 5.49. The SMILES string of the molecule is CCn1ncnc1CC1CCC(O)C1. The van der Waals surface area contributed by atoms with Gasteiger partial charge in [-0.05, 0) is 32.1 Å². The van der Waals surface area contributed by atoms with E-state index in [0.29, 0.717) is 5.92 Å². The lowest BCUT2D eigenvalue weighted by Crippen LogP contribution is -2.09. The largest absolute Gasteiger partial charge is 0.393 e. The van der Waals surface area contributed by atoms with Crippen LogP contribution in [0.15, 0.2) is 6.33 Å². The molecule has 0 saturated heterocycles. The fourth-order valence-corrected chi connectivity index (χ4v) is 2.20. The van der Waals surface area contributed by atoms with E-state index in [0.717, 1.165) is 38.1 Å². The number of rotatable bonds is 3. The van der Waals surface area contributed by atoms with Crippen LogP contribution in [0.25, 0.3) is 0 Å². The van der Waals surface area contributed by atoms with Gasteiger partial charge in [-0.2, -0.15) is 5.10 Å². The van der Waals surface area contributed by atoms with Gasteiger partial charge in [0.15, 0.2) is 0 Å². The van der Waals surface area contributed by atoms with Gasteiger partial charge in [-0.1, -0.05) is 0 Å². The topological polar surface area (TPSA) is 50.9 Å². The molecule has 78 valence electrons. The van der Waals surface area contributed by atoms with Gasteiger partial charge < -0.3 is 5.11 Å². The van der Waals surface area contributed by atoms with E-state index in [2.05, 4.69) is 17.0 Å². The molecule has 1 aliphatic rings. The molecule has 0 radical (unpaired) electrons. The molecule has 4 heteroatoms. The minimum absolute atomic E-state index is 0.0852. The molecule has 1 aliphatic carbocycles. The highest BCUT2D eigenvalue weighted by atomic mass is 16.3. The van der Waals surface area contributed by atoms with Crippen molar-refractivity contribution < 1.29 is 5.11 Å². The molecule has 1 N–H and O–H groups in total. The first-order chi connectivity index (χ1) is 6.79. The zero-order valence-corrected chi connectivity index (χ0v) is 8.56. The molecule has 1 heterocycles. The minimum Gasteiger partial charge on any atom is -0.393 e. The van der Waals surface area contributed by atoms with Crippen molar-refractivity contribution in [2.75, 3.05) is 0 Å². The molecule has 1 fully saturated rings. The third-order valence-electron chi connectivity index (χ3n) is 2.98. The molecular formula is C10H17N3O. The Labute approximate surface area is 84.0 Å². The molecule has 1 aromatic heterocycles. The Balaban J connectivity index is 1.97. The Bertz CT molecular complexity index is 297. The van der Waals surface area contributed by atoms with Crippen LogP contribution in [0.1, 0.15) is 32.0 Å². The number of aliphatic hydroxyl groups excluding tert-OH is 1. The summed E-state index contributed by atoms with van der Waals surface area (Å²) in [5, 5.41) is 13.6. The predicted molar refractivity (Wildman–Crippen MR) is 52.7 cm³/mol. The van der Waals surface area contributed by atoms with Crippen LogP contribution in [0.2, 0.25) is 0 Å². The van der Waals surface area contributed by atoms with Gasteiger partial charge in [-0.15, -0.1) is 0 Å². The summed E-state index contributed by atoms with van der Waals surface area (Å²) >= 11 is 0. The summed E-state index contributed by atoms with van der Waals surface area (Å²) in [6.45, 7) is 2.95. The first-order valence-electron chi connectivity index (χ1n) is 5.34. The monoisotopic (exact) mass is 195 g/mol. The highest BCUT2D eigenvalue weighted by Gasteiger charge is 2.24. The molecule has 2 atom stereocenters. The maximum atomic E-state index is 9.41. The van der Waals surface area contributed by atoms with E-state index in [-0.39, 0.29) is 6.10 Å². The van der Waals surface area contributed by atoms with Gasteiger partial charge in [0, 0.05) is 13.0 Å². The van der Waals surface area contributed by atoms with Gasteiger partial charge in [0.1, 0.15) is 12.2 Å². The summed E-state index contributed by atoms with van der Waals surface area (Å²) in [6, 6.07) is 0. The lowest BCUT2D eigenvalue weighted by Gasteiger charge is -2.08. The highest BCUT2D eigenvalue weighted by Crippen LogP contribution is 2.27. The zero-order chi connectivity index (χ0) is 9.97. The molecule has 1 aromatic rings. The quantitative estimate of drug-likeness (QED) is 0.782. The lowest BCUT2D eigenvalue weighted by molar-refractivity contribution is 0.177. The Morgan fingerprint density at radius 1 is 1.57 bits per heavy atom. The summed E-state index contributed by atoms with van der Waals surface area (Å²) in [5.74, 6) is 1.66. The van der Waals surface area contributed by atoms with E-state index in [1.54, 1.807) is 6.33 Å². The van der Waals surface area contributed by atoms with Crippen LogP contribution >= 0.6 is 0 Å². The average molecular weight is 195 g/mol. The molecule has 1 saturated carbocycles. The van der Waals surface area contributed by atoms with Crippen LogP contribution in [-0.4, -0.2) is 26.0 Å². The summed E-state index contributed by atoms with van der Waals surface area (Å²) < 4.78 is 1.94. The number of nitrogens with zero attached hydrogens (tertiary/aromatic N) is 3. The van der Waals surface area contributed by atoms with Crippen molar-refractivity contribution >= 4 is 0 Å². The van der Waals surface area contributed by atoms with Crippen molar-refractivity contribution in [3.8, 4) is 0 Å². The highest BCUT2D eigenvalue weighted by molar-refractivity contribution is 4.90. The van der Waals surface area contributed by atoms with Gasteiger partial charge in [0.2, 0.25) is 0 Å². The van der Waals surface area contributed by atoms with Crippen molar-refractivity contribution in [3.05, 3.63) is 12.2 Å². The maximum absolute atomic E-state index is 9.41. The molecule has 0 aromatic carbocycles.